The minimum atomic E-state index is -4.45. The van der Waals surface area contributed by atoms with Gasteiger partial charge in [-0.2, -0.15) is 17.6 Å². The molecule has 3 heterocycles. The fourth-order valence-electron chi connectivity index (χ4n) is 3.88. The number of hydrogen-bond acceptors (Lipinski definition) is 4. The number of hydrogen-bond donors (Lipinski definition) is 0. The van der Waals surface area contributed by atoms with E-state index in [1.54, 1.807) is 9.80 Å². The Morgan fingerprint density at radius 1 is 1.31 bits per heavy atom. The third-order valence-electron chi connectivity index (χ3n) is 5.14. The fourth-order valence-corrected chi connectivity index (χ4v) is 4.54. The Morgan fingerprint density at radius 3 is 2.65 bits per heavy atom. The van der Waals surface area contributed by atoms with Crippen molar-refractivity contribution in [3.05, 3.63) is 40.7 Å². The lowest BCUT2D eigenvalue weighted by atomic mass is 9.81. The molecule has 1 unspecified atom stereocenters. The van der Waals surface area contributed by atoms with Crippen LogP contribution >= 0.6 is 11.3 Å². The molecule has 1 atom stereocenters. The lowest BCUT2D eigenvalue weighted by molar-refractivity contribution is -0.137. The van der Waals surface area contributed by atoms with Gasteiger partial charge in [0.1, 0.15) is 0 Å². The number of thiazole rings is 1. The number of aromatic nitrogens is 1. The molecule has 0 aliphatic carbocycles. The molecule has 9 heteroatoms. The number of alkyl halides is 3. The van der Waals surface area contributed by atoms with E-state index in [9.17, 15) is 22.4 Å². The van der Waals surface area contributed by atoms with Crippen LogP contribution in [-0.2, 0) is 16.4 Å². The number of fused-ring (bicyclic) bond motifs is 2. The minimum absolute atomic E-state index is 0.103. The molecular formula is C17H15F4N3OS. The van der Waals surface area contributed by atoms with Crippen molar-refractivity contribution in [2.75, 3.05) is 24.5 Å². The molecule has 0 bridgehead atoms. The predicted molar refractivity (Wildman–Crippen MR) is 89.1 cm³/mol. The van der Waals surface area contributed by atoms with Crippen molar-refractivity contribution < 1.29 is 22.4 Å². The maximum Gasteiger partial charge on any atom is 0.416 e. The first-order valence-corrected chi connectivity index (χ1v) is 8.87. The molecule has 4 rings (SSSR count). The van der Waals surface area contributed by atoms with E-state index in [1.165, 1.54) is 19.1 Å². The van der Waals surface area contributed by atoms with Gasteiger partial charge in [0.25, 0.3) is 0 Å². The molecule has 1 fully saturated rings. The molecule has 26 heavy (non-hydrogen) atoms. The van der Waals surface area contributed by atoms with Gasteiger partial charge in [-0.3, -0.25) is 4.79 Å². The van der Waals surface area contributed by atoms with E-state index in [1.807, 2.05) is 0 Å². The van der Waals surface area contributed by atoms with Crippen LogP contribution < -0.4 is 4.90 Å². The summed E-state index contributed by atoms with van der Waals surface area (Å²) in [5.74, 6) is -0.103. The zero-order chi connectivity index (χ0) is 18.7. The third kappa shape index (κ3) is 2.65. The Hall–Kier alpha value is -2.16. The molecule has 0 N–H and O–H groups in total. The van der Waals surface area contributed by atoms with Crippen molar-refractivity contribution in [1.82, 2.24) is 9.88 Å². The van der Waals surface area contributed by atoms with Gasteiger partial charge in [0.2, 0.25) is 5.91 Å². The molecular weight excluding hydrogens is 370 g/mol. The number of anilines is 2. The first-order chi connectivity index (χ1) is 12.2. The Bertz CT molecular complexity index is 881. The molecule has 2 aliphatic heterocycles. The highest BCUT2D eigenvalue weighted by atomic mass is 32.1. The minimum Gasteiger partial charge on any atom is -0.342 e. The quantitative estimate of drug-likeness (QED) is 0.698. The molecule has 0 saturated carbocycles. The highest BCUT2D eigenvalue weighted by Crippen LogP contribution is 2.50. The Balaban J connectivity index is 1.82. The number of rotatable bonds is 1. The van der Waals surface area contributed by atoms with Crippen LogP contribution in [0, 0.1) is 5.13 Å². The summed E-state index contributed by atoms with van der Waals surface area (Å²) in [4.78, 5) is 19.2. The summed E-state index contributed by atoms with van der Waals surface area (Å²) in [6, 6.07) is 3.62. The van der Waals surface area contributed by atoms with Crippen LogP contribution in [-0.4, -0.2) is 35.4 Å². The first kappa shape index (κ1) is 17.3. The third-order valence-corrected chi connectivity index (χ3v) is 5.95. The normalized spacial score (nSPS) is 22.3. The molecule has 1 aromatic carbocycles. The van der Waals surface area contributed by atoms with Gasteiger partial charge in [0.05, 0.1) is 11.8 Å². The summed E-state index contributed by atoms with van der Waals surface area (Å²) in [5.41, 5.74) is -0.182. The van der Waals surface area contributed by atoms with Gasteiger partial charge in [0, 0.05) is 37.7 Å². The SMILES string of the molecule is CC(=O)N1CCC2(C1)CN(c1ncc(F)s1)c1ccc(C(F)(F)F)cc12. The fraction of sp³-hybridized carbons (Fsp3) is 0.412. The van der Waals surface area contributed by atoms with E-state index in [0.717, 1.165) is 23.6 Å². The summed E-state index contributed by atoms with van der Waals surface area (Å²) in [7, 11) is 0. The summed E-state index contributed by atoms with van der Waals surface area (Å²) < 4.78 is 53.1. The second-order valence-corrected chi connectivity index (χ2v) is 7.69. The Kier molecular flexibility index (Phi) is 3.76. The lowest BCUT2D eigenvalue weighted by Crippen LogP contribution is -2.36. The molecule has 138 valence electrons. The van der Waals surface area contributed by atoms with Crippen molar-refractivity contribution in [3.63, 3.8) is 0 Å². The molecule has 1 saturated heterocycles. The molecule has 1 aromatic heterocycles. The summed E-state index contributed by atoms with van der Waals surface area (Å²) in [6.45, 7) is 2.67. The van der Waals surface area contributed by atoms with E-state index in [-0.39, 0.29) is 5.91 Å². The smallest absolute Gasteiger partial charge is 0.342 e. The van der Waals surface area contributed by atoms with Crippen molar-refractivity contribution in [3.8, 4) is 0 Å². The van der Waals surface area contributed by atoms with Crippen LogP contribution in [0.3, 0.4) is 0 Å². The van der Waals surface area contributed by atoms with E-state index < -0.39 is 22.3 Å². The second-order valence-electron chi connectivity index (χ2n) is 6.73. The summed E-state index contributed by atoms with van der Waals surface area (Å²) >= 11 is 0.853. The van der Waals surface area contributed by atoms with Crippen LogP contribution in [0.25, 0.3) is 0 Å². The van der Waals surface area contributed by atoms with Gasteiger partial charge < -0.3 is 9.80 Å². The molecule has 0 radical (unpaired) electrons. The number of amides is 1. The maximum absolute atomic E-state index is 13.4. The number of carbonyl (C=O) groups is 1. The lowest BCUT2D eigenvalue weighted by Gasteiger charge is -2.25. The largest absolute Gasteiger partial charge is 0.416 e. The van der Waals surface area contributed by atoms with Gasteiger partial charge in [-0.1, -0.05) is 11.3 Å². The van der Waals surface area contributed by atoms with Crippen molar-refractivity contribution in [1.29, 1.82) is 0 Å². The van der Waals surface area contributed by atoms with Gasteiger partial charge in [-0.25, -0.2) is 4.98 Å². The number of halogens is 4. The standard InChI is InChI=1S/C17H15F4N3OS/c1-10(25)23-5-4-16(8-23)9-24(15-22-7-14(18)26-15)13-3-2-11(6-12(13)16)17(19,20)21/h2-3,6-7H,4-5,8-9H2,1H3. The number of benzene rings is 1. The summed E-state index contributed by atoms with van der Waals surface area (Å²) in [5, 5.41) is -0.0483. The van der Waals surface area contributed by atoms with E-state index in [4.69, 9.17) is 0 Å². The zero-order valence-electron chi connectivity index (χ0n) is 13.8. The van der Waals surface area contributed by atoms with Crippen LogP contribution in [0.15, 0.2) is 24.4 Å². The second kappa shape index (κ2) is 5.67. The van der Waals surface area contributed by atoms with Crippen molar-refractivity contribution in [2.24, 2.45) is 0 Å². The van der Waals surface area contributed by atoms with E-state index in [0.29, 0.717) is 42.4 Å². The highest BCUT2D eigenvalue weighted by molar-refractivity contribution is 7.14. The molecule has 4 nitrogen and oxygen atoms in total. The van der Waals surface area contributed by atoms with Crippen LogP contribution in [0.5, 0.6) is 0 Å². The van der Waals surface area contributed by atoms with Gasteiger partial charge in [0.15, 0.2) is 10.3 Å². The van der Waals surface area contributed by atoms with Crippen LogP contribution in [0.2, 0.25) is 0 Å². The van der Waals surface area contributed by atoms with E-state index >= 15 is 0 Å². The number of nitrogens with zero attached hydrogens (tertiary/aromatic N) is 3. The highest BCUT2D eigenvalue weighted by Gasteiger charge is 2.49. The monoisotopic (exact) mass is 385 g/mol. The van der Waals surface area contributed by atoms with E-state index in [2.05, 4.69) is 4.98 Å². The molecule has 1 amide bonds. The van der Waals surface area contributed by atoms with Crippen LogP contribution in [0.4, 0.5) is 28.4 Å². The average Bonchev–Trinajstić information content (AvgIpc) is 3.25. The molecule has 2 aliphatic rings. The predicted octanol–water partition coefficient (Wildman–Crippen LogP) is 3.94. The van der Waals surface area contributed by atoms with Crippen molar-refractivity contribution in [2.45, 2.75) is 24.9 Å². The number of carbonyl (C=O) groups excluding carboxylic acids is 1. The van der Waals surface area contributed by atoms with Crippen molar-refractivity contribution >= 4 is 28.1 Å². The van der Waals surface area contributed by atoms with Gasteiger partial charge in [-0.15, -0.1) is 0 Å². The Morgan fingerprint density at radius 2 is 2.08 bits per heavy atom. The zero-order valence-corrected chi connectivity index (χ0v) is 14.6. The summed E-state index contributed by atoms with van der Waals surface area (Å²) in [6.07, 6.45) is -2.79. The topological polar surface area (TPSA) is 36.4 Å². The maximum atomic E-state index is 13.4. The Labute approximate surface area is 151 Å². The van der Waals surface area contributed by atoms with Gasteiger partial charge in [-0.05, 0) is 30.2 Å². The molecule has 1 spiro atoms. The van der Waals surface area contributed by atoms with Gasteiger partial charge >= 0.3 is 6.18 Å². The average molecular weight is 385 g/mol. The number of likely N-dealkylation sites (tertiary alicyclic amines) is 1. The molecule has 2 aromatic rings. The van der Waals surface area contributed by atoms with Crippen LogP contribution in [0.1, 0.15) is 24.5 Å². The first-order valence-electron chi connectivity index (χ1n) is 8.06.